The summed E-state index contributed by atoms with van der Waals surface area (Å²) in [6.07, 6.45) is 3.25. The van der Waals surface area contributed by atoms with E-state index in [0.717, 1.165) is 25.7 Å². The number of aliphatic hydroxyl groups excluding tert-OH is 1. The Bertz CT molecular complexity index is 268. The zero-order valence-corrected chi connectivity index (χ0v) is 9.45. The van der Waals surface area contributed by atoms with Crippen LogP contribution in [-0.2, 0) is 12.8 Å². The van der Waals surface area contributed by atoms with E-state index >= 15 is 0 Å². The smallest absolute Gasteiger partial charge is 0.0581 e. The van der Waals surface area contributed by atoms with Crippen molar-refractivity contribution in [1.82, 2.24) is 0 Å². The third-order valence-electron chi connectivity index (χ3n) is 2.64. The summed E-state index contributed by atoms with van der Waals surface area (Å²) in [5.74, 6) is 0. The SMILES string of the molecule is CCc1ccc(CC(O)CCCN)cc1. The minimum atomic E-state index is -0.249. The Labute approximate surface area is 92.1 Å². The van der Waals surface area contributed by atoms with Gasteiger partial charge in [-0.3, -0.25) is 0 Å². The maximum atomic E-state index is 9.70. The Balaban J connectivity index is 2.42. The molecule has 0 spiro atoms. The summed E-state index contributed by atoms with van der Waals surface area (Å²) < 4.78 is 0. The maximum absolute atomic E-state index is 9.70. The number of aryl methyl sites for hydroxylation is 1. The van der Waals surface area contributed by atoms with Crippen molar-refractivity contribution in [1.29, 1.82) is 0 Å². The number of aliphatic hydroxyl groups is 1. The Hall–Kier alpha value is -0.860. The first kappa shape index (κ1) is 12.2. The lowest BCUT2D eigenvalue weighted by molar-refractivity contribution is 0.163. The van der Waals surface area contributed by atoms with Crippen LogP contribution in [0.5, 0.6) is 0 Å². The zero-order valence-electron chi connectivity index (χ0n) is 9.45. The van der Waals surface area contributed by atoms with Crippen LogP contribution in [0.2, 0.25) is 0 Å². The lowest BCUT2D eigenvalue weighted by Gasteiger charge is -2.10. The highest BCUT2D eigenvalue weighted by Gasteiger charge is 2.04. The van der Waals surface area contributed by atoms with Gasteiger partial charge >= 0.3 is 0 Å². The lowest BCUT2D eigenvalue weighted by Crippen LogP contribution is -2.12. The molecule has 1 rings (SSSR count). The van der Waals surface area contributed by atoms with E-state index in [1.807, 2.05) is 0 Å². The summed E-state index contributed by atoms with van der Waals surface area (Å²) in [7, 11) is 0. The van der Waals surface area contributed by atoms with Crippen LogP contribution in [0.1, 0.15) is 30.9 Å². The van der Waals surface area contributed by atoms with E-state index in [9.17, 15) is 5.11 Å². The third kappa shape index (κ3) is 4.45. The van der Waals surface area contributed by atoms with Crippen LogP contribution in [0.25, 0.3) is 0 Å². The standard InChI is InChI=1S/C13H21NO/c1-2-11-5-7-12(8-6-11)10-13(15)4-3-9-14/h5-8,13,15H,2-4,9-10,14H2,1H3. The first-order valence-corrected chi connectivity index (χ1v) is 5.72. The molecule has 0 heterocycles. The molecule has 0 aliphatic carbocycles. The minimum Gasteiger partial charge on any atom is -0.393 e. The topological polar surface area (TPSA) is 46.2 Å². The number of hydrogen-bond acceptors (Lipinski definition) is 2. The second-order valence-corrected chi connectivity index (χ2v) is 3.96. The fraction of sp³-hybridized carbons (Fsp3) is 0.538. The molecule has 2 nitrogen and oxygen atoms in total. The molecule has 0 aliphatic rings. The number of benzene rings is 1. The summed E-state index contributed by atoms with van der Waals surface area (Å²) in [4.78, 5) is 0. The quantitative estimate of drug-likeness (QED) is 0.748. The van der Waals surface area contributed by atoms with Crippen molar-refractivity contribution in [2.75, 3.05) is 6.54 Å². The first-order valence-electron chi connectivity index (χ1n) is 5.72. The van der Waals surface area contributed by atoms with Crippen LogP contribution in [0.3, 0.4) is 0 Å². The Morgan fingerprint density at radius 3 is 2.33 bits per heavy atom. The van der Waals surface area contributed by atoms with Crippen LogP contribution in [0.4, 0.5) is 0 Å². The molecule has 15 heavy (non-hydrogen) atoms. The summed E-state index contributed by atoms with van der Waals surface area (Å²) in [5.41, 5.74) is 7.95. The van der Waals surface area contributed by atoms with Crippen molar-refractivity contribution in [2.24, 2.45) is 5.73 Å². The molecule has 0 saturated carbocycles. The average molecular weight is 207 g/mol. The normalized spacial score (nSPS) is 12.7. The molecule has 0 amide bonds. The predicted octanol–water partition coefficient (Wildman–Crippen LogP) is 1.89. The van der Waals surface area contributed by atoms with Gasteiger partial charge in [-0.05, 0) is 43.4 Å². The van der Waals surface area contributed by atoms with E-state index in [4.69, 9.17) is 5.73 Å². The van der Waals surface area contributed by atoms with E-state index in [1.165, 1.54) is 11.1 Å². The molecule has 1 aromatic carbocycles. The molecular formula is C13H21NO. The Kier molecular flexibility index (Phi) is 5.37. The summed E-state index contributed by atoms with van der Waals surface area (Å²) in [5, 5.41) is 9.70. The summed E-state index contributed by atoms with van der Waals surface area (Å²) in [6.45, 7) is 2.80. The van der Waals surface area contributed by atoms with Crippen molar-refractivity contribution in [3.05, 3.63) is 35.4 Å². The molecule has 2 heteroatoms. The molecule has 3 N–H and O–H groups in total. The van der Waals surface area contributed by atoms with E-state index in [-0.39, 0.29) is 6.10 Å². The molecule has 0 radical (unpaired) electrons. The molecular weight excluding hydrogens is 186 g/mol. The fourth-order valence-electron chi connectivity index (χ4n) is 1.64. The van der Waals surface area contributed by atoms with Gasteiger partial charge in [0.2, 0.25) is 0 Å². The van der Waals surface area contributed by atoms with Crippen LogP contribution in [0.15, 0.2) is 24.3 Å². The monoisotopic (exact) mass is 207 g/mol. The van der Waals surface area contributed by atoms with E-state index in [2.05, 4.69) is 31.2 Å². The molecule has 0 bridgehead atoms. The van der Waals surface area contributed by atoms with Crippen molar-refractivity contribution in [2.45, 2.75) is 38.7 Å². The second-order valence-electron chi connectivity index (χ2n) is 3.96. The van der Waals surface area contributed by atoms with Gasteiger partial charge in [0.05, 0.1) is 6.10 Å². The Morgan fingerprint density at radius 2 is 1.80 bits per heavy atom. The van der Waals surface area contributed by atoms with Crippen molar-refractivity contribution >= 4 is 0 Å². The largest absolute Gasteiger partial charge is 0.393 e. The molecule has 0 saturated heterocycles. The minimum absolute atomic E-state index is 0.249. The highest BCUT2D eigenvalue weighted by molar-refractivity contribution is 5.22. The number of nitrogens with two attached hydrogens (primary N) is 1. The van der Waals surface area contributed by atoms with Gasteiger partial charge < -0.3 is 10.8 Å². The fourth-order valence-corrected chi connectivity index (χ4v) is 1.64. The van der Waals surface area contributed by atoms with Crippen molar-refractivity contribution < 1.29 is 5.11 Å². The van der Waals surface area contributed by atoms with Gasteiger partial charge in [0.25, 0.3) is 0 Å². The van der Waals surface area contributed by atoms with E-state index in [1.54, 1.807) is 0 Å². The van der Waals surface area contributed by atoms with Crippen LogP contribution in [0, 0.1) is 0 Å². The van der Waals surface area contributed by atoms with E-state index in [0.29, 0.717) is 6.54 Å². The predicted molar refractivity (Wildman–Crippen MR) is 63.8 cm³/mol. The van der Waals surface area contributed by atoms with Crippen LogP contribution < -0.4 is 5.73 Å². The summed E-state index contributed by atoms with van der Waals surface area (Å²) >= 11 is 0. The molecule has 1 aromatic rings. The van der Waals surface area contributed by atoms with Gasteiger partial charge in [-0.15, -0.1) is 0 Å². The molecule has 0 aromatic heterocycles. The lowest BCUT2D eigenvalue weighted by atomic mass is 10.0. The van der Waals surface area contributed by atoms with E-state index < -0.39 is 0 Å². The van der Waals surface area contributed by atoms with Crippen LogP contribution >= 0.6 is 0 Å². The average Bonchev–Trinajstić information content (AvgIpc) is 2.27. The molecule has 0 aliphatic heterocycles. The maximum Gasteiger partial charge on any atom is 0.0581 e. The van der Waals surface area contributed by atoms with Gasteiger partial charge in [0.15, 0.2) is 0 Å². The van der Waals surface area contributed by atoms with Gasteiger partial charge in [-0.1, -0.05) is 31.2 Å². The van der Waals surface area contributed by atoms with Gasteiger partial charge in [-0.25, -0.2) is 0 Å². The van der Waals surface area contributed by atoms with Gasteiger partial charge in [-0.2, -0.15) is 0 Å². The van der Waals surface area contributed by atoms with Crippen molar-refractivity contribution in [3.8, 4) is 0 Å². The second kappa shape index (κ2) is 6.59. The third-order valence-corrected chi connectivity index (χ3v) is 2.64. The first-order chi connectivity index (χ1) is 7.26. The van der Waals surface area contributed by atoms with Gasteiger partial charge in [0, 0.05) is 0 Å². The van der Waals surface area contributed by atoms with Crippen LogP contribution in [-0.4, -0.2) is 17.8 Å². The molecule has 1 atom stereocenters. The number of rotatable bonds is 6. The molecule has 84 valence electrons. The highest BCUT2D eigenvalue weighted by atomic mass is 16.3. The zero-order chi connectivity index (χ0) is 11.1. The van der Waals surface area contributed by atoms with Crippen molar-refractivity contribution in [3.63, 3.8) is 0 Å². The Morgan fingerprint density at radius 1 is 1.20 bits per heavy atom. The highest BCUT2D eigenvalue weighted by Crippen LogP contribution is 2.09. The number of hydrogen-bond donors (Lipinski definition) is 2. The van der Waals surface area contributed by atoms with Gasteiger partial charge in [0.1, 0.15) is 0 Å². The molecule has 0 fully saturated rings. The molecule has 1 unspecified atom stereocenters. The summed E-state index contributed by atoms with van der Waals surface area (Å²) in [6, 6.07) is 8.46.